The fraction of sp³-hybridized carbons (Fsp3) is 0.176. The first kappa shape index (κ1) is 16.5. The van der Waals surface area contributed by atoms with Crippen molar-refractivity contribution >= 4 is 23.4 Å². The third-order valence-corrected chi connectivity index (χ3v) is 3.62. The molecule has 0 unspecified atom stereocenters. The summed E-state index contributed by atoms with van der Waals surface area (Å²) in [6.07, 6.45) is -1.07. The van der Waals surface area contributed by atoms with Crippen LogP contribution in [0.2, 0.25) is 0 Å². The van der Waals surface area contributed by atoms with Gasteiger partial charge in [0.15, 0.2) is 0 Å². The molecule has 3 N–H and O–H groups in total. The van der Waals surface area contributed by atoms with Gasteiger partial charge >= 0.3 is 6.09 Å². The van der Waals surface area contributed by atoms with Gasteiger partial charge in [-0.1, -0.05) is 18.2 Å². The molecule has 0 heterocycles. The fourth-order valence-electron chi connectivity index (χ4n) is 2.22. The maximum Gasteiger partial charge on any atom is 0.416 e. The van der Waals surface area contributed by atoms with Crippen molar-refractivity contribution in [3.63, 3.8) is 0 Å². The predicted molar refractivity (Wildman–Crippen MR) is 86.2 cm³/mol. The molecular formula is C17H18N2O4. The smallest absolute Gasteiger partial charge is 0.416 e. The summed E-state index contributed by atoms with van der Waals surface area (Å²) in [4.78, 5) is 24.0. The Morgan fingerprint density at radius 1 is 1.00 bits per heavy atom. The minimum Gasteiger partial charge on any atom is -0.464 e. The summed E-state index contributed by atoms with van der Waals surface area (Å²) < 4.78 is 0. The lowest BCUT2D eigenvalue weighted by molar-refractivity contribution is -0.128. The van der Waals surface area contributed by atoms with Crippen LogP contribution in [0.25, 0.3) is 0 Å². The Kier molecular flexibility index (Phi) is 4.98. The SMILES string of the molecule is Cc1ccc(N(C(=O)O)c2ccc(CC(=O)NO)cc2)cc1C. The topological polar surface area (TPSA) is 89.9 Å². The molecule has 2 amide bonds. The van der Waals surface area contributed by atoms with Crippen LogP contribution in [0.3, 0.4) is 0 Å². The first-order valence-electron chi connectivity index (χ1n) is 7.04. The van der Waals surface area contributed by atoms with Crippen LogP contribution in [0.15, 0.2) is 42.5 Å². The van der Waals surface area contributed by atoms with Gasteiger partial charge in [-0.2, -0.15) is 0 Å². The van der Waals surface area contributed by atoms with Gasteiger partial charge in [0.25, 0.3) is 0 Å². The second-order valence-electron chi connectivity index (χ2n) is 5.26. The molecule has 0 aliphatic rings. The van der Waals surface area contributed by atoms with Crippen LogP contribution in [0.5, 0.6) is 0 Å². The van der Waals surface area contributed by atoms with Crippen LogP contribution >= 0.6 is 0 Å². The number of hydrogen-bond donors (Lipinski definition) is 3. The third kappa shape index (κ3) is 3.87. The highest BCUT2D eigenvalue weighted by molar-refractivity contribution is 5.95. The van der Waals surface area contributed by atoms with Crippen molar-refractivity contribution in [1.29, 1.82) is 0 Å². The number of carbonyl (C=O) groups excluding carboxylic acids is 1. The first-order chi connectivity index (χ1) is 10.9. The molecule has 120 valence electrons. The zero-order valence-electron chi connectivity index (χ0n) is 12.9. The lowest BCUT2D eigenvalue weighted by Crippen LogP contribution is -2.24. The molecule has 0 aliphatic carbocycles. The predicted octanol–water partition coefficient (Wildman–Crippen LogP) is 3.17. The normalized spacial score (nSPS) is 10.2. The van der Waals surface area contributed by atoms with Crippen LogP contribution in [0, 0.1) is 13.8 Å². The molecule has 0 radical (unpaired) electrons. The molecule has 2 aromatic rings. The van der Waals surface area contributed by atoms with Gasteiger partial charge in [-0.25, -0.2) is 15.2 Å². The summed E-state index contributed by atoms with van der Waals surface area (Å²) >= 11 is 0. The maximum absolute atomic E-state index is 11.6. The van der Waals surface area contributed by atoms with E-state index in [2.05, 4.69) is 0 Å². The number of anilines is 2. The highest BCUT2D eigenvalue weighted by atomic mass is 16.5. The van der Waals surface area contributed by atoms with E-state index in [4.69, 9.17) is 5.21 Å². The standard InChI is InChI=1S/C17H18N2O4/c1-11-3-6-15(9-12(11)2)19(17(21)22)14-7-4-13(5-8-14)10-16(20)18-23/h3-9,23H,10H2,1-2H3,(H,18,20)(H,21,22). The van der Waals surface area contributed by atoms with Crippen molar-refractivity contribution in [3.05, 3.63) is 59.2 Å². The summed E-state index contributed by atoms with van der Waals surface area (Å²) in [5, 5.41) is 18.0. The zero-order chi connectivity index (χ0) is 17.0. The van der Waals surface area contributed by atoms with Crippen LogP contribution in [0.1, 0.15) is 16.7 Å². The molecule has 0 saturated heterocycles. The van der Waals surface area contributed by atoms with E-state index in [1.807, 2.05) is 26.0 Å². The number of nitrogens with one attached hydrogen (secondary N) is 1. The monoisotopic (exact) mass is 314 g/mol. The molecular weight excluding hydrogens is 296 g/mol. The Bertz CT molecular complexity index is 726. The number of carboxylic acid groups (broad SMARTS) is 1. The molecule has 0 atom stereocenters. The number of amides is 2. The van der Waals surface area contributed by atoms with Crippen molar-refractivity contribution in [1.82, 2.24) is 5.48 Å². The minimum atomic E-state index is -1.09. The van der Waals surface area contributed by atoms with E-state index in [0.29, 0.717) is 16.9 Å². The average Bonchev–Trinajstić information content (AvgIpc) is 2.52. The van der Waals surface area contributed by atoms with E-state index in [0.717, 1.165) is 11.1 Å². The number of hydroxylamine groups is 1. The number of nitrogens with zero attached hydrogens (tertiary/aromatic N) is 1. The van der Waals surface area contributed by atoms with E-state index in [1.165, 1.54) is 4.90 Å². The summed E-state index contributed by atoms with van der Waals surface area (Å²) in [5.41, 5.74) is 5.36. The van der Waals surface area contributed by atoms with Gasteiger partial charge in [-0.05, 0) is 54.8 Å². The second kappa shape index (κ2) is 6.93. The van der Waals surface area contributed by atoms with Crippen molar-refractivity contribution in [2.45, 2.75) is 20.3 Å². The second-order valence-corrected chi connectivity index (χ2v) is 5.26. The maximum atomic E-state index is 11.6. The van der Waals surface area contributed by atoms with Crippen LogP contribution in [-0.2, 0) is 11.2 Å². The van der Waals surface area contributed by atoms with Gasteiger partial charge in [0.1, 0.15) is 0 Å². The Balaban J connectivity index is 2.32. The van der Waals surface area contributed by atoms with Crippen LogP contribution in [0.4, 0.5) is 16.2 Å². The number of hydrogen-bond acceptors (Lipinski definition) is 3. The molecule has 0 spiro atoms. The van der Waals surface area contributed by atoms with E-state index < -0.39 is 12.0 Å². The molecule has 0 aliphatic heterocycles. The molecule has 0 fully saturated rings. The minimum absolute atomic E-state index is 0.0213. The van der Waals surface area contributed by atoms with E-state index >= 15 is 0 Å². The molecule has 6 nitrogen and oxygen atoms in total. The largest absolute Gasteiger partial charge is 0.464 e. The third-order valence-electron chi connectivity index (χ3n) is 3.62. The number of carbonyl (C=O) groups is 2. The Hall–Kier alpha value is -2.86. The summed E-state index contributed by atoms with van der Waals surface area (Å²) in [6.45, 7) is 3.89. The van der Waals surface area contributed by atoms with E-state index in [1.54, 1.807) is 35.8 Å². The lowest BCUT2D eigenvalue weighted by Gasteiger charge is -2.20. The van der Waals surface area contributed by atoms with E-state index in [-0.39, 0.29) is 6.42 Å². The van der Waals surface area contributed by atoms with Crippen molar-refractivity contribution in [3.8, 4) is 0 Å². The Morgan fingerprint density at radius 3 is 2.13 bits per heavy atom. The van der Waals surface area contributed by atoms with Crippen molar-refractivity contribution in [2.24, 2.45) is 0 Å². The van der Waals surface area contributed by atoms with Gasteiger partial charge in [0.05, 0.1) is 17.8 Å². The summed E-state index contributed by atoms with van der Waals surface area (Å²) in [6, 6.07) is 12.0. The average molecular weight is 314 g/mol. The molecule has 6 heteroatoms. The summed E-state index contributed by atoms with van der Waals surface area (Å²) in [5.74, 6) is -0.526. The van der Waals surface area contributed by atoms with E-state index in [9.17, 15) is 14.7 Å². The zero-order valence-corrected chi connectivity index (χ0v) is 12.9. The number of benzene rings is 2. The molecule has 0 aromatic heterocycles. The van der Waals surface area contributed by atoms with Gasteiger partial charge in [0.2, 0.25) is 5.91 Å². The Morgan fingerprint density at radius 2 is 1.61 bits per heavy atom. The highest BCUT2D eigenvalue weighted by Gasteiger charge is 2.17. The molecule has 0 saturated carbocycles. The number of aryl methyl sites for hydroxylation is 2. The first-order valence-corrected chi connectivity index (χ1v) is 7.04. The molecule has 2 aromatic carbocycles. The Labute approximate surface area is 133 Å². The number of rotatable bonds is 4. The highest BCUT2D eigenvalue weighted by Crippen LogP contribution is 2.27. The van der Waals surface area contributed by atoms with Crippen molar-refractivity contribution in [2.75, 3.05) is 4.90 Å². The molecule has 0 bridgehead atoms. The van der Waals surface area contributed by atoms with Crippen molar-refractivity contribution < 1.29 is 19.9 Å². The molecule has 23 heavy (non-hydrogen) atoms. The summed E-state index contributed by atoms with van der Waals surface area (Å²) in [7, 11) is 0. The van der Waals surface area contributed by atoms with Gasteiger partial charge in [-0.3, -0.25) is 10.0 Å². The van der Waals surface area contributed by atoms with Crippen LogP contribution in [-0.4, -0.2) is 22.3 Å². The van der Waals surface area contributed by atoms with Gasteiger partial charge in [0, 0.05) is 0 Å². The fourth-order valence-corrected chi connectivity index (χ4v) is 2.22. The van der Waals surface area contributed by atoms with Gasteiger partial charge < -0.3 is 5.11 Å². The van der Waals surface area contributed by atoms with Crippen LogP contribution < -0.4 is 10.4 Å². The molecule has 2 rings (SSSR count). The quantitative estimate of drug-likeness (QED) is 0.597. The lowest BCUT2D eigenvalue weighted by atomic mass is 10.1. The van der Waals surface area contributed by atoms with Gasteiger partial charge in [-0.15, -0.1) is 0 Å².